The number of Topliss-reactive ketones (excluding diaryl/α,β-unsaturated/α-hetero) is 1. The highest BCUT2D eigenvalue weighted by molar-refractivity contribution is 7.89. The van der Waals surface area contributed by atoms with E-state index in [2.05, 4.69) is 10.0 Å². The van der Waals surface area contributed by atoms with Gasteiger partial charge in [-0.3, -0.25) is 24.2 Å². The third-order valence-electron chi connectivity index (χ3n) is 4.87. The summed E-state index contributed by atoms with van der Waals surface area (Å²) in [4.78, 5) is 60.7. The van der Waals surface area contributed by atoms with E-state index in [0.717, 1.165) is 5.01 Å². The van der Waals surface area contributed by atoms with Crippen molar-refractivity contribution in [3.63, 3.8) is 0 Å². The van der Waals surface area contributed by atoms with E-state index >= 15 is 0 Å². The van der Waals surface area contributed by atoms with Crippen molar-refractivity contribution in [3.05, 3.63) is 0 Å². The molecule has 0 saturated carbocycles. The van der Waals surface area contributed by atoms with Crippen LogP contribution in [-0.4, -0.2) is 78.6 Å². The number of carbonyl (C=O) groups excluding carboxylic acids is 5. The SMILES string of the molecule is CCS(=O)(=O)N[C@H]1CCC(=O)N2CCC[C@@H](C(=O)N[C@H](C=O)CC(C)=O)N2C1=O. The Morgan fingerprint density at radius 3 is 2.55 bits per heavy atom. The Morgan fingerprint density at radius 2 is 1.97 bits per heavy atom. The predicted octanol–water partition coefficient (Wildman–Crippen LogP) is -1.51. The largest absolute Gasteiger partial charge is 0.344 e. The van der Waals surface area contributed by atoms with Crippen molar-refractivity contribution in [1.82, 2.24) is 20.1 Å². The van der Waals surface area contributed by atoms with Crippen molar-refractivity contribution in [1.29, 1.82) is 0 Å². The Morgan fingerprint density at radius 1 is 1.28 bits per heavy atom. The number of rotatable bonds is 8. The molecule has 12 heteroatoms. The molecule has 0 unspecified atom stereocenters. The van der Waals surface area contributed by atoms with Crippen LogP contribution in [0.3, 0.4) is 0 Å². The van der Waals surface area contributed by atoms with E-state index in [1.807, 2.05) is 0 Å². The molecule has 3 amide bonds. The third kappa shape index (κ3) is 5.60. The summed E-state index contributed by atoms with van der Waals surface area (Å²) in [5, 5.41) is 4.62. The minimum absolute atomic E-state index is 0.0144. The normalized spacial score (nSPS) is 23.8. The number of nitrogens with one attached hydrogen (secondary N) is 2. The molecule has 2 N–H and O–H groups in total. The summed E-state index contributed by atoms with van der Waals surface area (Å²) in [6.45, 7) is 2.94. The van der Waals surface area contributed by atoms with E-state index in [-0.39, 0.29) is 49.7 Å². The molecule has 2 aliphatic heterocycles. The molecule has 11 nitrogen and oxygen atoms in total. The maximum atomic E-state index is 13.1. The van der Waals surface area contributed by atoms with Crippen molar-refractivity contribution < 1.29 is 32.4 Å². The lowest BCUT2D eigenvalue weighted by molar-refractivity contribution is -0.176. The van der Waals surface area contributed by atoms with Gasteiger partial charge in [-0.2, -0.15) is 0 Å². The van der Waals surface area contributed by atoms with Gasteiger partial charge < -0.3 is 10.1 Å². The van der Waals surface area contributed by atoms with Crippen LogP contribution in [0.5, 0.6) is 0 Å². The van der Waals surface area contributed by atoms with Gasteiger partial charge in [-0.25, -0.2) is 18.1 Å². The second-order valence-corrected chi connectivity index (χ2v) is 9.17. The molecular formula is C17H26N4O7S. The highest BCUT2D eigenvalue weighted by Crippen LogP contribution is 2.25. The maximum absolute atomic E-state index is 13.1. The number of fused-ring (bicyclic) bond motifs is 1. The van der Waals surface area contributed by atoms with Gasteiger partial charge in [-0.05, 0) is 33.1 Å². The lowest BCUT2D eigenvalue weighted by Crippen LogP contribution is -2.64. The van der Waals surface area contributed by atoms with Gasteiger partial charge in [0.2, 0.25) is 21.8 Å². The minimum Gasteiger partial charge on any atom is -0.344 e. The number of amides is 3. The summed E-state index contributed by atoms with van der Waals surface area (Å²) in [6.07, 6.45) is 0.886. The second kappa shape index (κ2) is 9.44. The molecule has 2 heterocycles. The predicted molar refractivity (Wildman–Crippen MR) is 100 cm³/mol. The van der Waals surface area contributed by atoms with Crippen molar-refractivity contribution >= 4 is 39.8 Å². The van der Waals surface area contributed by atoms with Crippen LogP contribution in [0.2, 0.25) is 0 Å². The number of carbonyl (C=O) groups is 5. The topological polar surface area (TPSA) is 150 Å². The minimum atomic E-state index is -3.71. The molecule has 0 aliphatic carbocycles. The molecule has 0 spiro atoms. The van der Waals surface area contributed by atoms with E-state index < -0.39 is 40.0 Å². The number of sulfonamides is 1. The van der Waals surface area contributed by atoms with Crippen molar-refractivity contribution in [3.8, 4) is 0 Å². The van der Waals surface area contributed by atoms with Crippen molar-refractivity contribution in [2.45, 2.75) is 64.1 Å². The summed E-state index contributed by atoms with van der Waals surface area (Å²) in [6, 6.07) is -3.29. The standard InChI is InChI=1S/C17H26N4O7S/c1-3-29(27,28)19-13-6-7-15(24)20-8-4-5-14(21(20)17(13)26)16(25)18-12(10-22)9-11(2)23/h10,12-14,19H,3-9H2,1-2H3,(H,18,25)/t12-,13-,14-/m0/s1. The number of nitrogens with zero attached hydrogens (tertiary/aromatic N) is 2. The van der Waals surface area contributed by atoms with Gasteiger partial charge in [0.05, 0.1) is 11.8 Å². The summed E-state index contributed by atoms with van der Waals surface area (Å²) in [5.74, 6) is -2.27. The molecule has 0 aromatic heterocycles. The fourth-order valence-corrected chi connectivity index (χ4v) is 4.22. The van der Waals surface area contributed by atoms with Crippen LogP contribution in [0.4, 0.5) is 0 Å². The van der Waals surface area contributed by atoms with E-state index in [1.165, 1.54) is 18.9 Å². The second-order valence-electron chi connectivity index (χ2n) is 7.13. The molecule has 0 bridgehead atoms. The Bertz CT molecular complexity index is 798. The lowest BCUT2D eigenvalue weighted by Gasteiger charge is -2.43. The first-order chi connectivity index (χ1) is 13.6. The van der Waals surface area contributed by atoms with Gasteiger partial charge in [0.15, 0.2) is 0 Å². The first kappa shape index (κ1) is 22.9. The maximum Gasteiger partial charge on any atom is 0.260 e. The molecule has 29 heavy (non-hydrogen) atoms. The number of aldehydes is 1. The number of hydrogen-bond donors (Lipinski definition) is 2. The van der Waals surface area contributed by atoms with Crippen LogP contribution in [0.15, 0.2) is 0 Å². The summed E-state index contributed by atoms with van der Waals surface area (Å²) in [5.41, 5.74) is 0. The smallest absolute Gasteiger partial charge is 0.260 e. The van der Waals surface area contributed by atoms with Gasteiger partial charge in [-0.1, -0.05) is 0 Å². The van der Waals surface area contributed by atoms with E-state index in [4.69, 9.17) is 0 Å². The zero-order valence-electron chi connectivity index (χ0n) is 16.4. The van der Waals surface area contributed by atoms with Crippen LogP contribution in [0, 0.1) is 0 Å². The molecule has 3 atom stereocenters. The van der Waals surface area contributed by atoms with Crippen LogP contribution in [-0.2, 0) is 34.0 Å². The fraction of sp³-hybridized carbons (Fsp3) is 0.706. The Kier molecular flexibility index (Phi) is 7.47. The van der Waals surface area contributed by atoms with Gasteiger partial charge >= 0.3 is 0 Å². The molecule has 2 saturated heterocycles. The molecule has 2 aliphatic rings. The molecule has 0 aromatic carbocycles. The number of ketones is 1. The fourth-order valence-electron chi connectivity index (χ4n) is 3.40. The van der Waals surface area contributed by atoms with Gasteiger partial charge in [0.1, 0.15) is 24.2 Å². The van der Waals surface area contributed by atoms with Gasteiger partial charge in [0, 0.05) is 19.4 Å². The van der Waals surface area contributed by atoms with E-state index in [0.29, 0.717) is 12.7 Å². The monoisotopic (exact) mass is 430 g/mol. The van der Waals surface area contributed by atoms with Crippen LogP contribution in [0.1, 0.15) is 46.0 Å². The van der Waals surface area contributed by atoms with Gasteiger partial charge in [0.25, 0.3) is 5.91 Å². The average Bonchev–Trinajstić information content (AvgIpc) is 2.79. The number of hydrogen-bond acceptors (Lipinski definition) is 7. The van der Waals surface area contributed by atoms with E-state index in [9.17, 15) is 32.4 Å². The van der Waals surface area contributed by atoms with Gasteiger partial charge in [-0.15, -0.1) is 0 Å². The Balaban J connectivity index is 2.28. The average molecular weight is 430 g/mol. The Labute approximate surface area is 169 Å². The molecule has 162 valence electrons. The van der Waals surface area contributed by atoms with Crippen LogP contribution >= 0.6 is 0 Å². The zero-order valence-corrected chi connectivity index (χ0v) is 17.2. The first-order valence-electron chi connectivity index (χ1n) is 9.48. The molecule has 2 fully saturated rings. The summed E-state index contributed by atoms with van der Waals surface area (Å²) in [7, 11) is -3.71. The highest BCUT2D eigenvalue weighted by Gasteiger charge is 2.45. The summed E-state index contributed by atoms with van der Waals surface area (Å²) >= 11 is 0. The van der Waals surface area contributed by atoms with E-state index in [1.54, 1.807) is 0 Å². The van der Waals surface area contributed by atoms with Crippen molar-refractivity contribution in [2.75, 3.05) is 12.3 Å². The van der Waals surface area contributed by atoms with Crippen LogP contribution in [0.25, 0.3) is 0 Å². The van der Waals surface area contributed by atoms with Crippen molar-refractivity contribution in [2.24, 2.45) is 0 Å². The molecular weight excluding hydrogens is 404 g/mol. The summed E-state index contributed by atoms with van der Waals surface area (Å²) < 4.78 is 26.2. The molecule has 0 radical (unpaired) electrons. The first-order valence-corrected chi connectivity index (χ1v) is 11.1. The molecule has 0 aromatic rings. The quantitative estimate of drug-likeness (QED) is 0.444. The Hall–Kier alpha value is -2.34. The highest BCUT2D eigenvalue weighted by atomic mass is 32.2. The zero-order chi connectivity index (χ0) is 21.8. The van der Waals surface area contributed by atoms with Crippen LogP contribution < -0.4 is 10.0 Å². The molecule has 2 rings (SSSR count). The third-order valence-corrected chi connectivity index (χ3v) is 6.27. The number of hydrazine groups is 1. The lowest BCUT2D eigenvalue weighted by atomic mass is 10.0.